The molecule has 1 aromatic rings. The van der Waals surface area contributed by atoms with E-state index in [2.05, 4.69) is 0 Å². The van der Waals surface area contributed by atoms with Crippen LogP contribution in [-0.2, 0) is 4.79 Å². The Morgan fingerprint density at radius 3 is 2.37 bits per heavy atom. The Hall–Kier alpha value is -1.95. The summed E-state index contributed by atoms with van der Waals surface area (Å²) in [5.74, 6) is -0.750. The van der Waals surface area contributed by atoms with Gasteiger partial charge in [0, 0.05) is 31.7 Å². The molecule has 5 nitrogen and oxygen atoms in total. The molecule has 1 aliphatic heterocycles. The molecule has 0 spiro atoms. The second-order valence-electron chi connectivity index (χ2n) is 4.39. The highest BCUT2D eigenvalue weighted by Gasteiger charge is 2.24. The molecule has 19 heavy (non-hydrogen) atoms. The van der Waals surface area contributed by atoms with Gasteiger partial charge < -0.3 is 15.5 Å². The molecule has 2 rings (SSSR count). The number of carbonyl (C=O) groups excluding carboxylic acids is 2. The molecule has 0 atom stereocenters. The molecule has 1 saturated heterocycles. The van der Waals surface area contributed by atoms with Gasteiger partial charge in [0.2, 0.25) is 5.91 Å². The van der Waals surface area contributed by atoms with Crippen molar-refractivity contribution in [2.45, 2.75) is 0 Å². The molecule has 6 heteroatoms. The number of halogens is 1. The van der Waals surface area contributed by atoms with E-state index in [4.69, 9.17) is 5.73 Å². The SMILES string of the molecule is NCC(=O)N1CCN(C(=O)c2cccc(F)c2)CC1. The molecule has 102 valence electrons. The summed E-state index contributed by atoms with van der Waals surface area (Å²) in [4.78, 5) is 26.8. The second-order valence-corrected chi connectivity index (χ2v) is 4.39. The number of amides is 2. The summed E-state index contributed by atoms with van der Waals surface area (Å²) >= 11 is 0. The van der Waals surface area contributed by atoms with Crippen LogP contribution < -0.4 is 5.73 Å². The van der Waals surface area contributed by atoms with E-state index < -0.39 is 5.82 Å². The third-order valence-electron chi connectivity index (χ3n) is 3.17. The van der Waals surface area contributed by atoms with Crippen molar-refractivity contribution in [1.29, 1.82) is 0 Å². The Morgan fingerprint density at radius 1 is 1.16 bits per heavy atom. The average molecular weight is 265 g/mol. The summed E-state index contributed by atoms with van der Waals surface area (Å²) < 4.78 is 13.1. The van der Waals surface area contributed by atoms with Crippen molar-refractivity contribution in [3.8, 4) is 0 Å². The van der Waals surface area contributed by atoms with E-state index in [0.717, 1.165) is 0 Å². The summed E-state index contributed by atoms with van der Waals surface area (Å²) in [7, 11) is 0. The van der Waals surface area contributed by atoms with Crippen LogP contribution in [0.2, 0.25) is 0 Å². The number of nitrogens with two attached hydrogens (primary N) is 1. The van der Waals surface area contributed by atoms with Gasteiger partial charge in [0.15, 0.2) is 0 Å². The van der Waals surface area contributed by atoms with Crippen molar-refractivity contribution in [2.75, 3.05) is 32.7 Å². The summed E-state index contributed by atoms with van der Waals surface area (Å²) in [6.07, 6.45) is 0. The first kappa shape index (κ1) is 13.5. The molecule has 0 radical (unpaired) electrons. The Bertz CT molecular complexity index is 485. The topological polar surface area (TPSA) is 66.6 Å². The first-order valence-corrected chi connectivity index (χ1v) is 6.14. The minimum Gasteiger partial charge on any atom is -0.338 e. The Balaban J connectivity index is 1.98. The molecule has 0 saturated carbocycles. The van der Waals surface area contributed by atoms with Gasteiger partial charge in [0.1, 0.15) is 5.82 Å². The van der Waals surface area contributed by atoms with Gasteiger partial charge in [-0.05, 0) is 18.2 Å². The van der Waals surface area contributed by atoms with Gasteiger partial charge in [-0.25, -0.2) is 4.39 Å². The second kappa shape index (κ2) is 5.79. The molecule has 0 bridgehead atoms. The van der Waals surface area contributed by atoms with E-state index in [-0.39, 0.29) is 18.4 Å². The molecular formula is C13H16FN3O2. The van der Waals surface area contributed by atoms with Crippen LogP contribution in [0.25, 0.3) is 0 Å². The fourth-order valence-electron chi connectivity index (χ4n) is 2.09. The van der Waals surface area contributed by atoms with Crippen LogP contribution in [0, 0.1) is 5.82 Å². The number of hydrogen-bond donors (Lipinski definition) is 1. The number of hydrogen-bond acceptors (Lipinski definition) is 3. The monoisotopic (exact) mass is 265 g/mol. The van der Waals surface area contributed by atoms with Crippen LogP contribution in [0.4, 0.5) is 4.39 Å². The Kier molecular flexibility index (Phi) is 4.11. The minimum atomic E-state index is -0.428. The van der Waals surface area contributed by atoms with Gasteiger partial charge in [0.05, 0.1) is 6.54 Å². The third kappa shape index (κ3) is 3.08. The molecule has 1 fully saturated rings. The van der Waals surface area contributed by atoms with Gasteiger partial charge in [-0.15, -0.1) is 0 Å². The number of carbonyl (C=O) groups is 2. The molecule has 2 amide bonds. The molecule has 0 aliphatic carbocycles. The fourth-order valence-corrected chi connectivity index (χ4v) is 2.09. The third-order valence-corrected chi connectivity index (χ3v) is 3.17. The van der Waals surface area contributed by atoms with Gasteiger partial charge in [-0.3, -0.25) is 9.59 Å². The maximum atomic E-state index is 13.1. The zero-order valence-corrected chi connectivity index (χ0v) is 10.5. The van der Waals surface area contributed by atoms with Crippen LogP contribution in [0.5, 0.6) is 0 Å². The van der Waals surface area contributed by atoms with Crippen molar-refractivity contribution in [2.24, 2.45) is 5.73 Å². The van der Waals surface area contributed by atoms with Crippen LogP contribution in [0.15, 0.2) is 24.3 Å². The standard InChI is InChI=1S/C13H16FN3O2/c14-11-3-1-2-10(8-11)13(19)17-6-4-16(5-7-17)12(18)9-15/h1-3,8H,4-7,9,15H2. The van der Waals surface area contributed by atoms with E-state index in [9.17, 15) is 14.0 Å². The first-order valence-electron chi connectivity index (χ1n) is 6.14. The highest BCUT2D eigenvalue weighted by atomic mass is 19.1. The lowest BCUT2D eigenvalue weighted by Gasteiger charge is -2.34. The fraction of sp³-hybridized carbons (Fsp3) is 0.385. The molecule has 1 aliphatic rings. The number of rotatable bonds is 2. The summed E-state index contributed by atoms with van der Waals surface area (Å²) in [6, 6.07) is 5.62. The highest BCUT2D eigenvalue weighted by Crippen LogP contribution is 2.10. The lowest BCUT2D eigenvalue weighted by Crippen LogP contribution is -2.51. The maximum absolute atomic E-state index is 13.1. The number of nitrogens with zero attached hydrogens (tertiary/aromatic N) is 2. The van der Waals surface area contributed by atoms with E-state index in [1.54, 1.807) is 15.9 Å². The van der Waals surface area contributed by atoms with Crippen LogP contribution >= 0.6 is 0 Å². The Morgan fingerprint density at radius 2 is 1.79 bits per heavy atom. The first-order chi connectivity index (χ1) is 9.11. The van der Waals surface area contributed by atoms with Crippen molar-refractivity contribution in [3.05, 3.63) is 35.6 Å². The predicted octanol–water partition coefficient (Wildman–Crippen LogP) is 0.0688. The summed E-state index contributed by atoms with van der Waals surface area (Å²) in [5.41, 5.74) is 5.62. The van der Waals surface area contributed by atoms with Gasteiger partial charge >= 0.3 is 0 Å². The molecule has 0 unspecified atom stereocenters. The van der Waals surface area contributed by atoms with Gasteiger partial charge in [0.25, 0.3) is 5.91 Å². The van der Waals surface area contributed by atoms with Crippen molar-refractivity contribution >= 4 is 11.8 Å². The largest absolute Gasteiger partial charge is 0.338 e. The molecule has 2 N–H and O–H groups in total. The van der Waals surface area contributed by atoms with Crippen LogP contribution in [0.1, 0.15) is 10.4 Å². The van der Waals surface area contributed by atoms with Crippen LogP contribution in [-0.4, -0.2) is 54.3 Å². The zero-order chi connectivity index (χ0) is 13.8. The average Bonchev–Trinajstić information content (AvgIpc) is 2.46. The van der Waals surface area contributed by atoms with Gasteiger partial charge in [-0.2, -0.15) is 0 Å². The lowest BCUT2D eigenvalue weighted by atomic mass is 10.1. The van der Waals surface area contributed by atoms with Crippen molar-refractivity contribution in [3.63, 3.8) is 0 Å². The lowest BCUT2D eigenvalue weighted by molar-refractivity contribution is -0.131. The highest BCUT2D eigenvalue weighted by molar-refractivity contribution is 5.94. The van der Waals surface area contributed by atoms with E-state index in [1.165, 1.54) is 18.2 Å². The predicted molar refractivity (Wildman–Crippen MR) is 67.9 cm³/mol. The summed E-state index contributed by atoms with van der Waals surface area (Å²) in [5, 5.41) is 0. The van der Waals surface area contributed by atoms with Crippen molar-refractivity contribution in [1.82, 2.24) is 9.80 Å². The van der Waals surface area contributed by atoms with E-state index >= 15 is 0 Å². The van der Waals surface area contributed by atoms with E-state index in [1.807, 2.05) is 0 Å². The Labute approximate surface area is 110 Å². The van der Waals surface area contributed by atoms with E-state index in [0.29, 0.717) is 31.7 Å². The van der Waals surface area contributed by atoms with Crippen LogP contribution in [0.3, 0.4) is 0 Å². The quantitative estimate of drug-likeness (QED) is 0.823. The molecule has 1 heterocycles. The summed E-state index contributed by atoms with van der Waals surface area (Å²) in [6.45, 7) is 1.81. The number of piperazine rings is 1. The maximum Gasteiger partial charge on any atom is 0.254 e. The number of benzene rings is 1. The van der Waals surface area contributed by atoms with Gasteiger partial charge in [-0.1, -0.05) is 6.07 Å². The minimum absolute atomic E-state index is 0.0160. The zero-order valence-electron chi connectivity index (χ0n) is 10.5. The van der Waals surface area contributed by atoms with Crippen molar-refractivity contribution < 1.29 is 14.0 Å². The smallest absolute Gasteiger partial charge is 0.254 e. The molecule has 0 aromatic heterocycles. The molecular weight excluding hydrogens is 249 g/mol. The molecule has 1 aromatic carbocycles. The normalized spacial score (nSPS) is 15.5.